The van der Waals surface area contributed by atoms with Gasteiger partial charge in [-0.1, -0.05) is 6.08 Å². The second kappa shape index (κ2) is 5.77. The molecule has 1 saturated carbocycles. The van der Waals surface area contributed by atoms with Gasteiger partial charge in [-0.15, -0.1) is 0 Å². The molecule has 1 aromatic rings. The van der Waals surface area contributed by atoms with E-state index in [1.54, 1.807) is 11.2 Å². The van der Waals surface area contributed by atoms with Crippen molar-refractivity contribution < 1.29 is 19.1 Å². The molecule has 3 aliphatic rings. The van der Waals surface area contributed by atoms with Crippen molar-refractivity contribution in [3.8, 4) is 0 Å². The van der Waals surface area contributed by atoms with Crippen LogP contribution >= 0.6 is 0 Å². The normalized spacial score (nSPS) is 30.4. The number of furan rings is 1. The van der Waals surface area contributed by atoms with Crippen molar-refractivity contribution in [3.63, 3.8) is 0 Å². The topological polar surface area (TPSA) is 74.0 Å². The molecule has 3 heterocycles. The van der Waals surface area contributed by atoms with Crippen molar-refractivity contribution in [1.82, 2.24) is 9.80 Å². The Morgan fingerprint density at radius 1 is 1.42 bits per heavy atom. The molecule has 2 saturated heterocycles. The van der Waals surface area contributed by atoms with E-state index in [9.17, 15) is 14.7 Å². The molecule has 24 heavy (non-hydrogen) atoms. The van der Waals surface area contributed by atoms with Crippen LogP contribution < -0.4 is 0 Å². The highest BCUT2D eigenvalue weighted by molar-refractivity contribution is 5.92. The van der Waals surface area contributed by atoms with Gasteiger partial charge in [0.15, 0.2) is 0 Å². The van der Waals surface area contributed by atoms with Crippen LogP contribution in [0, 0.1) is 17.3 Å². The molecule has 0 bridgehead atoms. The largest absolute Gasteiger partial charge is 0.481 e. The average molecular weight is 330 g/mol. The molecule has 1 aliphatic carbocycles. The number of fused-ring (bicyclic) bond motifs is 1. The highest BCUT2D eigenvalue weighted by Gasteiger charge is 2.62. The van der Waals surface area contributed by atoms with E-state index in [1.807, 2.05) is 24.3 Å². The summed E-state index contributed by atoms with van der Waals surface area (Å²) in [6.07, 6.45) is 7.79. The van der Waals surface area contributed by atoms with E-state index in [0.717, 1.165) is 25.1 Å². The van der Waals surface area contributed by atoms with Crippen molar-refractivity contribution in [1.29, 1.82) is 0 Å². The lowest BCUT2D eigenvalue weighted by Gasteiger charge is -2.24. The van der Waals surface area contributed by atoms with Gasteiger partial charge in [0, 0.05) is 32.7 Å². The number of aliphatic carboxylic acids is 1. The standard InChI is InChI=1S/C18H22N2O4/c21-16-15-10-19(7-1-3-14-4-2-8-24-14)11-18(15,17(22)23)12-20(16)9-13-5-6-13/h1-4,8,13,15H,5-7,9-12H2,(H,22,23)/b3-1+/t15-,18-/m1/s1. The Hall–Kier alpha value is -2.08. The summed E-state index contributed by atoms with van der Waals surface area (Å²) in [6, 6.07) is 3.69. The zero-order valence-corrected chi connectivity index (χ0v) is 13.6. The van der Waals surface area contributed by atoms with E-state index >= 15 is 0 Å². The molecular formula is C18H22N2O4. The van der Waals surface area contributed by atoms with Crippen LogP contribution in [0.15, 0.2) is 28.9 Å². The lowest BCUT2D eigenvalue weighted by atomic mass is 9.81. The van der Waals surface area contributed by atoms with Gasteiger partial charge < -0.3 is 14.4 Å². The molecule has 6 heteroatoms. The van der Waals surface area contributed by atoms with Gasteiger partial charge in [0.2, 0.25) is 5.91 Å². The number of carboxylic acids is 1. The van der Waals surface area contributed by atoms with E-state index in [1.165, 1.54) is 0 Å². The number of hydrogen-bond acceptors (Lipinski definition) is 4. The highest BCUT2D eigenvalue weighted by Crippen LogP contribution is 2.45. The first-order valence-electron chi connectivity index (χ1n) is 8.53. The molecule has 1 amide bonds. The Labute approximate surface area is 140 Å². The van der Waals surface area contributed by atoms with Gasteiger partial charge in [-0.25, -0.2) is 0 Å². The number of carboxylic acid groups (broad SMARTS) is 1. The number of amides is 1. The summed E-state index contributed by atoms with van der Waals surface area (Å²) in [5.74, 6) is 0.143. The molecule has 0 radical (unpaired) electrons. The summed E-state index contributed by atoms with van der Waals surface area (Å²) in [4.78, 5) is 28.5. The van der Waals surface area contributed by atoms with Gasteiger partial charge in [0.25, 0.3) is 0 Å². The van der Waals surface area contributed by atoms with Crippen molar-refractivity contribution in [2.75, 3.05) is 32.7 Å². The molecule has 2 aliphatic heterocycles. The summed E-state index contributed by atoms with van der Waals surface area (Å²) < 4.78 is 5.24. The fourth-order valence-corrected chi connectivity index (χ4v) is 4.01. The summed E-state index contributed by atoms with van der Waals surface area (Å²) in [5, 5.41) is 9.81. The Balaban J connectivity index is 1.43. The summed E-state index contributed by atoms with van der Waals surface area (Å²) in [5.41, 5.74) is -0.940. The molecule has 2 atom stereocenters. The van der Waals surface area contributed by atoms with Crippen LogP contribution in [0.3, 0.4) is 0 Å². The molecule has 0 aromatic carbocycles. The van der Waals surface area contributed by atoms with Gasteiger partial charge in [-0.2, -0.15) is 0 Å². The molecule has 3 fully saturated rings. The summed E-state index contributed by atoms with van der Waals surface area (Å²) in [7, 11) is 0. The van der Waals surface area contributed by atoms with Crippen LogP contribution in [-0.2, 0) is 9.59 Å². The maximum Gasteiger partial charge on any atom is 0.313 e. The fraction of sp³-hybridized carbons (Fsp3) is 0.556. The van der Waals surface area contributed by atoms with Gasteiger partial charge in [-0.3, -0.25) is 14.5 Å². The molecule has 128 valence electrons. The highest BCUT2D eigenvalue weighted by atomic mass is 16.4. The third-order valence-corrected chi connectivity index (χ3v) is 5.49. The van der Waals surface area contributed by atoms with E-state index in [-0.39, 0.29) is 5.91 Å². The number of carbonyl (C=O) groups excluding carboxylic acids is 1. The lowest BCUT2D eigenvalue weighted by Crippen LogP contribution is -2.41. The maximum absolute atomic E-state index is 12.7. The maximum atomic E-state index is 12.7. The van der Waals surface area contributed by atoms with E-state index in [2.05, 4.69) is 4.90 Å². The first-order chi connectivity index (χ1) is 11.6. The zero-order valence-electron chi connectivity index (χ0n) is 13.6. The van der Waals surface area contributed by atoms with E-state index < -0.39 is 17.3 Å². The predicted octanol–water partition coefficient (Wildman–Crippen LogP) is 1.55. The first-order valence-corrected chi connectivity index (χ1v) is 8.53. The van der Waals surface area contributed by atoms with Crippen molar-refractivity contribution in [2.24, 2.45) is 17.3 Å². The molecule has 0 spiro atoms. The van der Waals surface area contributed by atoms with Crippen LogP contribution in [0.1, 0.15) is 18.6 Å². The molecule has 1 aromatic heterocycles. The second-order valence-corrected chi connectivity index (χ2v) is 7.29. The third kappa shape index (κ3) is 2.65. The molecule has 4 rings (SSSR count). The molecular weight excluding hydrogens is 308 g/mol. The number of rotatable bonds is 6. The minimum absolute atomic E-state index is 0.0295. The van der Waals surface area contributed by atoms with Gasteiger partial charge in [-0.05, 0) is 37.0 Å². The van der Waals surface area contributed by atoms with Gasteiger partial charge in [0.05, 0.1) is 12.2 Å². The van der Waals surface area contributed by atoms with E-state index in [0.29, 0.717) is 32.1 Å². The smallest absolute Gasteiger partial charge is 0.313 e. The predicted molar refractivity (Wildman–Crippen MR) is 87.0 cm³/mol. The zero-order chi connectivity index (χ0) is 16.7. The summed E-state index contributed by atoms with van der Waals surface area (Å²) >= 11 is 0. The fourth-order valence-electron chi connectivity index (χ4n) is 4.01. The van der Waals surface area contributed by atoms with Crippen LogP contribution in [0.5, 0.6) is 0 Å². The van der Waals surface area contributed by atoms with Gasteiger partial charge in [0.1, 0.15) is 11.2 Å². The Morgan fingerprint density at radius 2 is 2.25 bits per heavy atom. The lowest BCUT2D eigenvalue weighted by molar-refractivity contribution is -0.149. The number of hydrogen-bond donors (Lipinski definition) is 1. The van der Waals surface area contributed by atoms with Crippen molar-refractivity contribution >= 4 is 18.0 Å². The molecule has 6 nitrogen and oxygen atoms in total. The first kappa shape index (κ1) is 15.4. The van der Waals surface area contributed by atoms with Crippen molar-refractivity contribution in [3.05, 3.63) is 30.2 Å². The summed E-state index contributed by atoms with van der Waals surface area (Å²) in [6.45, 7) is 2.68. The molecule has 1 N–H and O–H groups in total. The third-order valence-electron chi connectivity index (χ3n) is 5.49. The van der Waals surface area contributed by atoms with Gasteiger partial charge >= 0.3 is 5.97 Å². The van der Waals surface area contributed by atoms with Crippen LogP contribution in [0.2, 0.25) is 0 Å². The number of likely N-dealkylation sites (tertiary alicyclic amines) is 2. The van der Waals surface area contributed by atoms with Crippen LogP contribution in [0.4, 0.5) is 0 Å². The minimum Gasteiger partial charge on any atom is -0.481 e. The molecule has 0 unspecified atom stereocenters. The minimum atomic E-state index is -0.940. The average Bonchev–Trinajstić information content (AvgIpc) is 2.96. The Kier molecular flexibility index (Phi) is 3.72. The van der Waals surface area contributed by atoms with E-state index in [4.69, 9.17) is 4.42 Å². The monoisotopic (exact) mass is 330 g/mol. The van der Waals surface area contributed by atoms with Crippen LogP contribution in [-0.4, -0.2) is 59.5 Å². The number of carbonyl (C=O) groups is 2. The SMILES string of the molecule is O=C1[C@H]2CN(C/C=C/c3ccco3)C[C@@]2(C(=O)O)CN1CC1CC1. The quantitative estimate of drug-likeness (QED) is 0.856. The Bertz CT molecular complexity index is 665. The second-order valence-electron chi connectivity index (χ2n) is 7.29. The van der Waals surface area contributed by atoms with Crippen molar-refractivity contribution in [2.45, 2.75) is 12.8 Å². The Morgan fingerprint density at radius 3 is 2.88 bits per heavy atom. The van der Waals surface area contributed by atoms with Crippen LogP contribution in [0.25, 0.3) is 6.08 Å². The number of nitrogens with zero attached hydrogens (tertiary/aromatic N) is 2.